The zero-order valence-corrected chi connectivity index (χ0v) is 12.7. The van der Waals surface area contributed by atoms with Crippen molar-refractivity contribution in [1.29, 1.82) is 0 Å². The first-order valence-electron chi connectivity index (χ1n) is 5.50. The van der Waals surface area contributed by atoms with Gasteiger partial charge in [-0.3, -0.25) is 0 Å². The number of aliphatic hydroxyl groups is 1. The minimum absolute atomic E-state index is 0.128. The number of hydrogen-bond donors (Lipinski definition) is 2. The standard InChI is InChI=1S/C13H13BrClNOS/c14-11-5-6-18-13(11)12(17)10(7-16)8-1-3-9(15)4-2-8/h1-6,10,12,17H,7,16H2. The molecule has 2 rings (SSSR count). The van der Waals surface area contributed by atoms with Gasteiger partial charge in [-0.25, -0.2) is 0 Å². The quantitative estimate of drug-likeness (QED) is 0.881. The summed E-state index contributed by atoms with van der Waals surface area (Å²) in [6.07, 6.45) is -0.606. The van der Waals surface area contributed by atoms with Crippen molar-refractivity contribution in [1.82, 2.24) is 0 Å². The van der Waals surface area contributed by atoms with Crippen molar-refractivity contribution >= 4 is 38.9 Å². The van der Waals surface area contributed by atoms with E-state index in [2.05, 4.69) is 15.9 Å². The van der Waals surface area contributed by atoms with Gasteiger partial charge in [0.15, 0.2) is 0 Å². The van der Waals surface area contributed by atoms with E-state index in [0.717, 1.165) is 14.9 Å². The first-order chi connectivity index (χ1) is 8.63. The summed E-state index contributed by atoms with van der Waals surface area (Å²) in [7, 11) is 0. The summed E-state index contributed by atoms with van der Waals surface area (Å²) in [5.41, 5.74) is 6.79. The van der Waals surface area contributed by atoms with Crippen molar-refractivity contribution in [3.05, 3.63) is 55.6 Å². The number of thiophene rings is 1. The molecule has 2 nitrogen and oxygen atoms in total. The first-order valence-corrected chi connectivity index (χ1v) is 7.55. The van der Waals surface area contributed by atoms with Gasteiger partial charge in [0, 0.05) is 26.8 Å². The van der Waals surface area contributed by atoms with Gasteiger partial charge in [0.1, 0.15) is 0 Å². The Kier molecular flexibility index (Phi) is 4.81. The van der Waals surface area contributed by atoms with Crippen molar-refractivity contribution in [2.45, 2.75) is 12.0 Å². The number of hydrogen-bond acceptors (Lipinski definition) is 3. The number of aliphatic hydroxyl groups excluding tert-OH is 1. The highest BCUT2D eigenvalue weighted by Gasteiger charge is 2.24. The van der Waals surface area contributed by atoms with Crippen LogP contribution in [0, 0.1) is 0 Å². The van der Waals surface area contributed by atoms with E-state index in [1.165, 1.54) is 11.3 Å². The van der Waals surface area contributed by atoms with Crippen molar-refractivity contribution < 1.29 is 5.11 Å². The third-order valence-electron chi connectivity index (χ3n) is 2.85. The Morgan fingerprint density at radius 1 is 1.28 bits per heavy atom. The summed E-state index contributed by atoms with van der Waals surface area (Å²) in [6.45, 7) is 0.382. The highest BCUT2D eigenvalue weighted by molar-refractivity contribution is 9.10. The van der Waals surface area contributed by atoms with Crippen LogP contribution in [0.1, 0.15) is 22.5 Å². The molecule has 0 spiro atoms. The van der Waals surface area contributed by atoms with E-state index in [-0.39, 0.29) is 5.92 Å². The van der Waals surface area contributed by atoms with Gasteiger partial charge in [0.05, 0.1) is 6.10 Å². The summed E-state index contributed by atoms with van der Waals surface area (Å²) in [6, 6.07) is 9.37. The van der Waals surface area contributed by atoms with Crippen molar-refractivity contribution in [2.24, 2.45) is 5.73 Å². The fraction of sp³-hybridized carbons (Fsp3) is 0.231. The van der Waals surface area contributed by atoms with E-state index in [1.807, 2.05) is 35.7 Å². The third-order valence-corrected chi connectivity index (χ3v) is 5.04. The van der Waals surface area contributed by atoms with Gasteiger partial charge in [0.2, 0.25) is 0 Å². The molecule has 0 saturated carbocycles. The molecule has 1 aromatic carbocycles. The molecule has 0 aliphatic carbocycles. The van der Waals surface area contributed by atoms with Crippen LogP contribution in [0.2, 0.25) is 5.02 Å². The molecule has 0 aliphatic heterocycles. The highest BCUT2D eigenvalue weighted by Crippen LogP contribution is 2.37. The van der Waals surface area contributed by atoms with Crippen molar-refractivity contribution in [3.8, 4) is 0 Å². The lowest BCUT2D eigenvalue weighted by Gasteiger charge is -2.21. The second-order valence-corrected chi connectivity index (χ2v) is 6.21. The molecule has 0 fully saturated rings. The maximum atomic E-state index is 10.4. The predicted molar refractivity (Wildman–Crippen MR) is 80.2 cm³/mol. The van der Waals surface area contributed by atoms with E-state index < -0.39 is 6.10 Å². The average Bonchev–Trinajstić information content (AvgIpc) is 2.78. The molecule has 1 heterocycles. The molecule has 0 aliphatic rings. The lowest BCUT2D eigenvalue weighted by Crippen LogP contribution is -2.19. The summed E-state index contributed by atoms with van der Waals surface area (Å²) in [5, 5.41) is 13.1. The normalized spacial score (nSPS) is 14.4. The Labute approximate surface area is 124 Å². The number of benzene rings is 1. The Balaban J connectivity index is 2.28. The summed E-state index contributed by atoms with van der Waals surface area (Å²) in [4.78, 5) is 0.903. The van der Waals surface area contributed by atoms with Crippen LogP contribution in [-0.4, -0.2) is 11.7 Å². The van der Waals surface area contributed by atoms with Crippen LogP contribution in [0.4, 0.5) is 0 Å². The molecule has 96 valence electrons. The predicted octanol–water partition coefficient (Wildman–Crippen LogP) is 3.94. The van der Waals surface area contributed by atoms with Crippen molar-refractivity contribution in [3.63, 3.8) is 0 Å². The topological polar surface area (TPSA) is 46.2 Å². The SMILES string of the molecule is NCC(c1ccc(Cl)cc1)C(O)c1sccc1Br. The fourth-order valence-corrected chi connectivity index (χ4v) is 3.64. The Morgan fingerprint density at radius 3 is 2.44 bits per heavy atom. The minimum Gasteiger partial charge on any atom is -0.387 e. The molecule has 0 bridgehead atoms. The largest absolute Gasteiger partial charge is 0.387 e. The van der Waals surface area contributed by atoms with Crippen LogP contribution < -0.4 is 5.73 Å². The Hall–Kier alpha value is -0.390. The van der Waals surface area contributed by atoms with Crippen LogP contribution in [-0.2, 0) is 0 Å². The van der Waals surface area contributed by atoms with E-state index >= 15 is 0 Å². The van der Waals surface area contributed by atoms with Crippen LogP contribution >= 0.6 is 38.9 Å². The van der Waals surface area contributed by atoms with E-state index in [0.29, 0.717) is 11.6 Å². The number of halogens is 2. The van der Waals surface area contributed by atoms with E-state index in [9.17, 15) is 5.11 Å². The molecule has 5 heteroatoms. The summed E-state index contributed by atoms with van der Waals surface area (Å²) < 4.78 is 0.924. The second-order valence-electron chi connectivity index (χ2n) is 3.97. The van der Waals surface area contributed by atoms with Crippen LogP contribution in [0.5, 0.6) is 0 Å². The van der Waals surface area contributed by atoms with Crippen LogP contribution in [0.15, 0.2) is 40.2 Å². The third kappa shape index (κ3) is 2.95. The molecule has 3 N–H and O–H groups in total. The Bertz CT molecular complexity index is 514. The molecule has 2 unspecified atom stereocenters. The molecule has 2 atom stereocenters. The lowest BCUT2D eigenvalue weighted by atomic mass is 9.92. The smallest absolute Gasteiger partial charge is 0.0973 e. The van der Waals surface area contributed by atoms with Gasteiger partial charge in [-0.1, -0.05) is 23.7 Å². The van der Waals surface area contributed by atoms with E-state index in [4.69, 9.17) is 17.3 Å². The zero-order chi connectivity index (χ0) is 13.1. The molecular weight excluding hydrogens is 334 g/mol. The number of rotatable bonds is 4. The molecule has 1 aromatic heterocycles. The number of nitrogens with two attached hydrogens (primary N) is 1. The maximum Gasteiger partial charge on any atom is 0.0973 e. The van der Waals surface area contributed by atoms with Gasteiger partial charge in [-0.2, -0.15) is 0 Å². The van der Waals surface area contributed by atoms with Gasteiger partial charge >= 0.3 is 0 Å². The molecule has 0 amide bonds. The molecule has 0 radical (unpaired) electrons. The van der Waals surface area contributed by atoms with E-state index in [1.54, 1.807) is 0 Å². The maximum absolute atomic E-state index is 10.4. The molecule has 18 heavy (non-hydrogen) atoms. The zero-order valence-electron chi connectivity index (χ0n) is 9.51. The molecule has 0 saturated heterocycles. The average molecular weight is 347 g/mol. The summed E-state index contributed by atoms with van der Waals surface area (Å²) in [5.74, 6) is -0.128. The molecule has 2 aromatic rings. The van der Waals surface area contributed by atoms with Gasteiger partial charge in [-0.15, -0.1) is 11.3 Å². The lowest BCUT2D eigenvalue weighted by molar-refractivity contribution is 0.150. The minimum atomic E-state index is -0.606. The monoisotopic (exact) mass is 345 g/mol. The van der Waals surface area contributed by atoms with Gasteiger partial charge in [0.25, 0.3) is 0 Å². The second kappa shape index (κ2) is 6.17. The van der Waals surface area contributed by atoms with Crippen LogP contribution in [0.25, 0.3) is 0 Å². The highest BCUT2D eigenvalue weighted by atomic mass is 79.9. The Morgan fingerprint density at radius 2 is 1.94 bits per heavy atom. The van der Waals surface area contributed by atoms with Crippen LogP contribution in [0.3, 0.4) is 0 Å². The van der Waals surface area contributed by atoms with Gasteiger partial charge < -0.3 is 10.8 Å². The fourth-order valence-electron chi connectivity index (χ4n) is 1.86. The first kappa shape index (κ1) is 14.0. The molecular formula is C13H13BrClNOS. The van der Waals surface area contributed by atoms with Gasteiger partial charge in [-0.05, 0) is 45.1 Å². The summed E-state index contributed by atoms with van der Waals surface area (Å²) >= 11 is 10.8. The van der Waals surface area contributed by atoms with Crippen molar-refractivity contribution in [2.75, 3.05) is 6.54 Å².